The molecule has 1 fully saturated rings. The van der Waals surface area contributed by atoms with Gasteiger partial charge in [0.2, 0.25) is 0 Å². The number of benzene rings is 1. The van der Waals surface area contributed by atoms with Crippen LogP contribution in [0.5, 0.6) is 0 Å². The summed E-state index contributed by atoms with van der Waals surface area (Å²) < 4.78 is 0. The summed E-state index contributed by atoms with van der Waals surface area (Å²) in [6.45, 7) is 3.68. The van der Waals surface area contributed by atoms with E-state index in [4.69, 9.17) is 0 Å². The van der Waals surface area contributed by atoms with Crippen molar-refractivity contribution in [3.63, 3.8) is 0 Å². The summed E-state index contributed by atoms with van der Waals surface area (Å²) in [5.74, 6) is 0. The van der Waals surface area contributed by atoms with E-state index < -0.39 is 0 Å². The number of aliphatic hydroxyl groups is 1. The van der Waals surface area contributed by atoms with Gasteiger partial charge in [-0.15, -0.1) is 6.58 Å². The molecule has 0 unspecified atom stereocenters. The Morgan fingerprint density at radius 2 is 2.00 bits per heavy atom. The minimum Gasteiger partial charge on any atom is -0.392 e. The summed E-state index contributed by atoms with van der Waals surface area (Å²) in [6.07, 6.45) is 4.43. The Balaban J connectivity index is 2.21. The van der Waals surface area contributed by atoms with Gasteiger partial charge in [-0.1, -0.05) is 36.4 Å². The molecule has 1 aliphatic rings. The van der Waals surface area contributed by atoms with E-state index in [9.17, 15) is 5.11 Å². The Bertz CT molecular complexity index is 311. The van der Waals surface area contributed by atoms with Crippen molar-refractivity contribution in [2.45, 2.75) is 30.8 Å². The van der Waals surface area contributed by atoms with Crippen LogP contribution in [0, 0.1) is 0 Å². The molecule has 2 rings (SSSR count). The summed E-state index contributed by atoms with van der Waals surface area (Å²) >= 11 is 0. The molecule has 0 heterocycles. The maximum absolute atomic E-state index is 10.0. The van der Waals surface area contributed by atoms with Crippen molar-refractivity contribution in [2.75, 3.05) is 0 Å². The molecular formula is C13H16O. The standard InChI is InChI=1S/C13H16O/c1-2-6-12(14)13(9-10-13)11-7-4-3-5-8-11/h2-5,7-8,12,14H,1,6,9-10H2/t12-/m1/s1. The molecule has 1 aromatic rings. The highest BCUT2D eigenvalue weighted by Crippen LogP contribution is 2.51. The molecule has 1 heteroatoms. The summed E-state index contributed by atoms with van der Waals surface area (Å²) in [5.41, 5.74) is 1.31. The van der Waals surface area contributed by atoms with Gasteiger partial charge in [-0.2, -0.15) is 0 Å². The van der Waals surface area contributed by atoms with Gasteiger partial charge in [0, 0.05) is 5.41 Å². The van der Waals surface area contributed by atoms with Gasteiger partial charge in [0.1, 0.15) is 0 Å². The maximum atomic E-state index is 10.0. The second kappa shape index (κ2) is 3.58. The molecule has 0 aromatic heterocycles. The van der Waals surface area contributed by atoms with Crippen LogP contribution in [0.4, 0.5) is 0 Å². The highest BCUT2D eigenvalue weighted by Gasteiger charge is 2.49. The summed E-state index contributed by atoms with van der Waals surface area (Å²) in [7, 11) is 0. The van der Waals surface area contributed by atoms with Crippen LogP contribution in [-0.4, -0.2) is 11.2 Å². The zero-order valence-electron chi connectivity index (χ0n) is 8.32. The Kier molecular flexibility index (Phi) is 2.42. The summed E-state index contributed by atoms with van der Waals surface area (Å²) in [4.78, 5) is 0. The second-order valence-electron chi connectivity index (χ2n) is 4.06. The molecule has 14 heavy (non-hydrogen) atoms. The van der Waals surface area contributed by atoms with Crippen LogP contribution in [0.3, 0.4) is 0 Å². The van der Waals surface area contributed by atoms with Crippen molar-refractivity contribution in [3.8, 4) is 0 Å². The first-order valence-electron chi connectivity index (χ1n) is 5.14. The molecule has 0 spiro atoms. The van der Waals surface area contributed by atoms with Crippen LogP contribution < -0.4 is 0 Å². The van der Waals surface area contributed by atoms with Crippen LogP contribution >= 0.6 is 0 Å². The molecule has 0 amide bonds. The van der Waals surface area contributed by atoms with E-state index in [2.05, 4.69) is 18.7 Å². The molecule has 1 aromatic carbocycles. The van der Waals surface area contributed by atoms with E-state index in [1.807, 2.05) is 18.2 Å². The molecule has 1 atom stereocenters. The maximum Gasteiger partial charge on any atom is 0.0671 e. The predicted octanol–water partition coefficient (Wildman–Crippen LogP) is 2.66. The molecule has 1 saturated carbocycles. The van der Waals surface area contributed by atoms with Crippen molar-refractivity contribution in [2.24, 2.45) is 0 Å². The van der Waals surface area contributed by atoms with Crippen LogP contribution in [0.15, 0.2) is 43.0 Å². The molecular weight excluding hydrogens is 172 g/mol. The van der Waals surface area contributed by atoms with E-state index >= 15 is 0 Å². The molecule has 0 bridgehead atoms. The lowest BCUT2D eigenvalue weighted by molar-refractivity contribution is 0.134. The SMILES string of the molecule is C=CC[C@@H](O)C1(c2ccccc2)CC1. The monoisotopic (exact) mass is 188 g/mol. The predicted molar refractivity (Wildman–Crippen MR) is 58.2 cm³/mol. The molecule has 0 aliphatic heterocycles. The fourth-order valence-electron chi connectivity index (χ4n) is 2.10. The third kappa shape index (κ3) is 1.48. The Hall–Kier alpha value is -1.08. The zero-order valence-corrected chi connectivity index (χ0v) is 8.32. The topological polar surface area (TPSA) is 20.2 Å². The molecule has 0 radical (unpaired) electrons. The molecule has 74 valence electrons. The fraction of sp³-hybridized carbons (Fsp3) is 0.385. The molecule has 1 nitrogen and oxygen atoms in total. The van der Waals surface area contributed by atoms with Crippen LogP contribution in [-0.2, 0) is 5.41 Å². The van der Waals surface area contributed by atoms with Crippen molar-refractivity contribution in [3.05, 3.63) is 48.6 Å². The molecule has 1 aliphatic carbocycles. The van der Waals surface area contributed by atoms with Gasteiger partial charge < -0.3 is 5.11 Å². The van der Waals surface area contributed by atoms with Crippen molar-refractivity contribution >= 4 is 0 Å². The molecule has 1 N–H and O–H groups in total. The number of aliphatic hydroxyl groups excluding tert-OH is 1. The Morgan fingerprint density at radius 3 is 2.50 bits per heavy atom. The third-order valence-corrected chi connectivity index (χ3v) is 3.17. The van der Waals surface area contributed by atoms with Crippen LogP contribution in [0.2, 0.25) is 0 Å². The van der Waals surface area contributed by atoms with Gasteiger partial charge in [0.15, 0.2) is 0 Å². The van der Waals surface area contributed by atoms with E-state index in [-0.39, 0.29) is 11.5 Å². The molecule has 0 saturated heterocycles. The minimum atomic E-state index is -0.262. The van der Waals surface area contributed by atoms with Gasteiger partial charge in [-0.05, 0) is 24.8 Å². The quantitative estimate of drug-likeness (QED) is 0.720. The lowest BCUT2D eigenvalue weighted by Gasteiger charge is -2.21. The number of rotatable bonds is 4. The zero-order chi connectivity index (χ0) is 10.0. The first-order chi connectivity index (χ1) is 6.79. The van der Waals surface area contributed by atoms with Gasteiger partial charge in [-0.3, -0.25) is 0 Å². The normalized spacial score (nSPS) is 20.1. The highest BCUT2D eigenvalue weighted by molar-refractivity contribution is 5.33. The van der Waals surface area contributed by atoms with E-state index in [0.29, 0.717) is 6.42 Å². The largest absolute Gasteiger partial charge is 0.392 e. The minimum absolute atomic E-state index is 0.0372. The smallest absolute Gasteiger partial charge is 0.0671 e. The van der Waals surface area contributed by atoms with Crippen LogP contribution in [0.1, 0.15) is 24.8 Å². The number of hydrogen-bond donors (Lipinski definition) is 1. The average Bonchev–Trinajstić information content (AvgIpc) is 3.00. The fourth-order valence-corrected chi connectivity index (χ4v) is 2.10. The van der Waals surface area contributed by atoms with E-state index in [0.717, 1.165) is 12.8 Å². The van der Waals surface area contributed by atoms with E-state index in [1.165, 1.54) is 5.56 Å². The van der Waals surface area contributed by atoms with Crippen molar-refractivity contribution < 1.29 is 5.11 Å². The van der Waals surface area contributed by atoms with Gasteiger partial charge in [0.25, 0.3) is 0 Å². The van der Waals surface area contributed by atoms with Crippen molar-refractivity contribution in [1.82, 2.24) is 0 Å². The summed E-state index contributed by atoms with van der Waals surface area (Å²) in [6, 6.07) is 10.3. The summed E-state index contributed by atoms with van der Waals surface area (Å²) in [5, 5.41) is 10.0. The first kappa shape index (κ1) is 9.47. The van der Waals surface area contributed by atoms with Gasteiger partial charge >= 0.3 is 0 Å². The van der Waals surface area contributed by atoms with Gasteiger partial charge in [0.05, 0.1) is 6.10 Å². The Labute approximate surface area is 85.1 Å². The average molecular weight is 188 g/mol. The Morgan fingerprint density at radius 1 is 1.36 bits per heavy atom. The second-order valence-corrected chi connectivity index (χ2v) is 4.06. The van der Waals surface area contributed by atoms with Crippen molar-refractivity contribution in [1.29, 1.82) is 0 Å². The van der Waals surface area contributed by atoms with E-state index in [1.54, 1.807) is 6.08 Å². The first-order valence-corrected chi connectivity index (χ1v) is 5.14. The van der Waals surface area contributed by atoms with Gasteiger partial charge in [-0.25, -0.2) is 0 Å². The lowest BCUT2D eigenvalue weighted by Crippen LogP contribution is -2.25. The number of hydrogen-bond acceptors (Lipinski definition) is 1. The lowest BCUT2D eigenvalue weighted by atomic mass is 9.88. The highest BCUT2D eigenvalue weighted by atomic mass is 16.3. The third-order valence-electron chi connectivity index (χ3n) is 3.17. The van der Waals surface area contributed by atoms with Crippen LogP contribution in [0.25, 0.3) is 0 Å².